The van der Waals surface area contributed by atoms with Crippen LogP contribution in [0.15, 0.2) is 42.6 Å². The maximum Gasteiger partial charge on any atom is 0.141 e. The minimum absolute atomic E-state index is 0.402. The standard InChI is InChI=1S/C15H16FNO/c1-10(2)11-3-5-12(6-4-11)15(18)14-8-7-13(16)9-17-14/h3-10,15,18H,1-2H3. The second-order valence-electron chi connectivity index (χ2n) is 4.63. The summed E-state index contributed by atoms with van der Waals surface area (Å²) in [6.45, 7) is 4.24. The van der Waals surface area contributed by atoms with Gasteiger partial charge in [0.15, 0.2) is 0 Å². The molecule has 2 nitrogen and oxygen atoms in total. The van der Waals surface area contributed by atoms with Gasteiger partial charge in [-0.15, -0.1) is 0 Å². The summed E-state index contributed by atoms with van der Waals surface area (Å²) < 4.78 is 12.8. The largest absolute Gasteiger partial charge is 0.382 e. The van der Waals surface area contributed by atoms with E-state index in [-0.39, 0.29) is 0 Å². The van der Waals surface area contributed by atoms with Crippen molar-refractivity contribution in [1.29, 1.82) is 0 Å². The first-order valence-corrected chi connectivity index (χ1v) is 5.97. The Morgan fingerprint density at radius 3 is 2.11 bits per heavy atom. The number of aromatic nitrogens is 1. The molecule has 0 aliphatic rings. The molecule has 0 fully saturated rings. The summed E-state index contributed by atoms with van der Waals surface area (Å²) in [4.78, 5) is 3.89. The van der Waals surface area contributed by atoms with Gasteiger partial charge in [0.05, 0.1) is 11.9 Å². The molecule has 94 valence electrons. The van der Waals surface area contributed by atoms with Crippen molar-refractivity contribution in [2.45, 2.75) is 25.9 Å². The van der Waals surface area contributed by atoms with Crippen molar-refractivity contribution >= 4 is 0 Å². The van der Waals surface area contributed by atoms with Gasteiger partial charge in [-0.05, 0) is 29.2 Å². The van der Waals surface area contributed by atoms with E-state index in [1.54, 1.807) is 0 Å². The number of halogens is 1. The van der Waals surface area contributed by atoms with Crippen LogP contribution in [0.1, 0.15) is 42.7 Å². The molecule has 0 aliphatic heterocycles. The zero-order valence-electron chi connectivity index (χ0n) is 10.5. The van der Waals surface area contributed by atoms with Gasteiger partial charge in [0, 0.05) is 0 Å². The Kier molecular flexibility index (Phi) is 3.72. The molecule has 1 aromatic carbocycles. The average Bonchev–Trinajstić information content (AvgIpc) is 2.39. The zero-order valence-corrected chi connectivity index (χ0v) is 10.5. The van der Waals surface area contributed by atoms with Gasteiger partial charge in [0.2, 0.25) is 0 Å². The van der Waals surface area contributed by atoms with E-state index in [2.05, 4.69) is 18.8 Å². The smallest absolute Gasteiger partial charge is 0.141 e. The number of aliphatic hydroxyl groups excluding tert-OH is 1. The number of benzene rings is 1. The molecule has 18 heavy (non-hydrogen) atoms. The lowest BCUT2D eigenvalue weighted by Gasteiger charge is -2.12. The molecule has 0 spiro atoms. The normalized spacial score (nSPS) is 12.7. The van der Waals surface area contributed by atoms with E-state index in [1.165, 1.54) is 17.7 Å². The average molecular weight is 245 g/mol. The summed E-state index contributed by atoms with van der Waals surface area (Å²) in [6.07, 6.45) is 0.299. The molecule has 1 N–H and O–H groups in total. The Morgan fingerprint density at radius 1 is 1.00 bits per heavy atom. The van der Waals surface area contributed by atoms with Crippen molar-refractivity contribution in [3.63, 3.8) is 0 Å². The summed E-state index contributed by atoms with van der Waals surface area (Å²) in [5.74, 6) is 0.0567. The van der Waals surface area contributed by atoms with E-state index in [1.807, 2.05) is 24.3 Å². The first kappa shape index (κ1) is 12.7. The summed E-state index contributed by atoms with van der Waals surface area (Å²) in [6, 6.07) is 10.5. The molecule has 1 atom stereocenters. The monoisotopic (exact) mass is 245 g/mol. The van der Waals surface area contributed by atoms with E-state index in [9.17, 15) is 9.50 Å². The minimum Gasteiger partial charge on any atom is -0.382 e. The molecule has 2 aromatic rings. The summed E-state index contributed by atoms with van der Waals surface area (Å²) in [5, 5.41) is 10.1. The predicted octanol–water partition coefficient (Wildman–Crippen LogP) is 3.43. The molecule has 0 saturated carbocycles. The second-order valence-corrected chi connectivity index (χ2v) is 4.63. The van der Waals surface area contributed by atoms with Gasteiger partial charge in [0.1, 0.15) is 11.9 Å². The van der Waals surface area contributed by atoms with Crippen LogP contribution in [0, 0.1) is 5.82 Å². The number of aliphatic hydroxyl groups is 1. The van der Waals surface area contributed by atoms with Crippen molar-refractivity contribution in [2.75, 3.05) is 0 Å². The quantitative estimate of drug-likeness (QED) is 0.898. The first-order valence-electron chi connectivity index (χ1n) is 5.97. The molecule has 1 heterocycles. The third kappa shape index (κ3) is 2.74. The van der Waals surface area contributed by atoms with E-state index < -0.39 is 11.9 Å². The maximum absolute atomic E-state index is 12.8. The number of pyridine rings is 1. The Balaban J connectivity index is 2.23. The highest BCUT2D eigenvalue weighted by Gasteiger charge is 2.12. The van der Waals surface area contributed by atoms with Crippen LogP contribution in [0.2, 0.25) is 0 Å². The topological polar surface area (TPSA) is 33.1 Å². The van der Waals surface area contributed by atoms with Crippen LogP contribution in [0.3, 0.4) is 0 Å². The van der Waals surface area contributed by atoms with Crippen molar-refractivity contribution in [2.24, 2.45) is 0 Å². The van der Waals surface area contributed by atoms with Gasteiger partial charge >= 0.3 is 0 Å². The van der Waals surface area contributed by atoms with Gasteiger partial charge < -0.3 is 5.11 Å². The number of hydrogen-bond donors (Lipinski definition) is 1. The summed E-state index contributed by atoms with van der Waals surface area (Å²) in [5.41, 5.74) is 2.44. The molecule has 0 radical (unpaired) electrons. The molecule has 3 heteroatoms. The van der Waals surface area contributed by atoms with Crippen molar-refractivity contribution < 1.29 is 9.50 Å². The predicted molar refractivity (Wildman–Crippen MR) is 68.8 cm³/mol. The number of nitrogens with zero attached hydrogens (tertiary/aromatic N) is 1. The fourth-order valence-electron chi connectivity index (χ4n) is 1.78. The lowest BCUT2D eigenvalue weighted by Crippen LogP contribution is -2.02. The molecule has 1 aromatic heterocycles. The molecular weight excluding hydrogens is 229 g/mol. The van der Waals surface area contributed by atoms with Crippen molar-refractivity contribution in [3.05, 3.63) is 65.2 Å². The maximum atomic E-state index is 12.8. The van der Waals surface area contributed by atoms with Gasteiger partial charge in [-0.25, -0.2) is 4.39 Å². The fraction of sp³-hybridized carbons (Fsp3) is 0.267. The number of rotatable bonds is 3. The van der Waals surface area contributed by atoms with Gasteiger partial charge in [0.25, 0.3) is 0 Å². The van der Waals surface area contributed by atoms with Crippen molar-refractivity contribution in [1.82, 2.24) is 4.98 Å². The van der Waals surface area contributed by atoms with Crippen LogP contribution in [0.4, 0.5) is 4.39 Å². The molecular formula is C15H16FNO. The van der Waals surface area contributed by atoms with E-state index in [4.69, 9.17) is 0 Å². The van der Waals surface area contributed by atoms with E-state index >= 15 is 0 Å². The van der Waals surface area contributed by atoms with E-state index in [0.29, 0.717) is 11.6 Å². The Bertz CT molecular complexity index is 505. The highest BCUT2D eigenvalue weighted by molar-refractivity contribution is 5.30. The van der Waals surface area contributed by atoms with Gasteiger partial charge in [-0.2, -0.15) is 0 Å². The third-order valence-corrected chi connectivity index (χ3v) is 2.95. The first-order chi connectivity index (χ1) is 8.58. The van der Waals surface area contributed by atoms with Crippen LogP contribution in [0.25, 0.3) is 0 Å². The molecule has 2 rings (SSSR count). The van der Waals surface area contributed by atoms with Crippen LogP contribution in [-0.2, 0) is 0 Å². The zero-order chi connectivity index (χ0) is 13.1. The third-order valence-electron chi connectivity index (χ3n) is 2.95. The SMILES string of the molecule is CC(C)c1ccc(C(O)c2ccc(F)cn2)cc1. The Labute approximate surface area is 106 Å². The molecule has 0 bridgehead atoms. The lowest BCUT2D eigenvalue weighted by atomic mass is 9.99. The summed E-state index contributed by atoms with van der Waals surface area (Å²) in [7, 11) is 0. The van der Waals surface area contributed by atoms with Crippen LogP contribution in [-0.4, -0.2) is 10.1 Å². The molecule has 1 unspecified atom stereocenters. The second kappa shape index (κ2) is 5.27. The van der Waals surface area contributed by atoms with Crippen LogP contribution >= 0.6 is 0 Å². The number of hydrogen-bond acceptors (Lipinski definition) is 2. The summed E-state index contributed by atoms with van der Waals surface area (Å²) >= 11 is 0. The van der Waals surface area contributed by atoms with Crippen LogP contribution in [0.5, 0.6) is 0 Å². The Morgan fingerprint density at radius 2 is 1.61 bits per heavy atom. The minimum atomic E-state index is -0.813. The highest BCUT2D eigenvalue weighted by atomic mass is 19.1. The Hall–Kier alpha value is -1.74. The molecule has 0 saturated heterocycles. The fourth-order valence-corrected chi connectivity index (χ4v) is 1.78. The van der Waals surface area contributed by atoms with Crippen molar-refractivity contribution in [3.8, 4) is 0 Å². The van der Waals surface area contributed by atoms with E-state index in [0.717, 1.165) is 11.8 Å². The lowest BCUT2D eigenvalue weighted by molar-refractivity contribution is 0.215. The van der Waals surface area contributed by atoms with Gasteiger partial charge in [-0.3, -0.25) is 4.98 Å². The highest BCUT2D eigenvalue weighted by Crippen LogP contribution is 2.22. The molecule has 0 aliphatic carbocycles. The van der Waals surface area contributed by atoms with Gasteiger partial charge in [-0.1, -0.05) is 38.1 Å². The van der Waals surface area contributed by atoms with Crippen LogP contribution < -0.4 is 0 Å². The molecule has 0 amide bonds.